The van der Waals surface area contributed by atoms with Crippen molar-refractivity contribution >= 4 is 6.16 Å². The van der Waals surface area contributed by atoms with Crippen LogP contribution in [0.15, 0.2) is 48.5 Å². The van der Waals surface area contributed by atoms with Crippen molar-refractivity contribution in [3.63, 3.8) is 0 Å². The van der Waals surface area contributed by atoms with Crippen LogP contribution in [0.5, 0.6) is 11.5 Å². The predicted molar refractivity (Wildman–Crippen MR) is 81.3 cm³/mol. The summed E-state index contributed by atoms with van der Waals surface area (Å²) >= 11 is 0. The van der Waals surface area contributed by atoms with E-state index in [1.54, 1.807) is 14.2 Å². The fraction of sp³-hybridized carbons (Fsp3) is 0.235. The molecule has 22 heavy (non-hydrogen) atoms. The normalized spacial score (nSPS) is 10.2. The van der Waals surface area contributed by atoms with Crippen LogP contribution in [0.25, 0.3) is 0 Å². The van der Waals surface area contributed by atoms with Crippen LogP contribution in [0, 0.1) is 0 Å². The van der Waals surface area contributed by atoms with Gasteiger partial charge in [-0.15, -0.1) is 0 Å². The van der Waals surface area contributed by atoms with Crippen LogP contribution in [0.2, 0.25) is 0 Å². The summed E-state index contributed by atoms with van der Waals surface area (Å²) in [6, 6.07) is 14.6. The average Bonchev–Trinajstić information content (AvgIpc) is 2.59. The highest BCUT2D eigenvalue weighted by Gasteiger charge is 2.19. The van der Waals surface area contributed by atoms with Crippen LogP contribution < -0.4 is 9.47 Å². The van der Waals surface area contributed by atoms with Gasteiger partial charge in [0.15, 0.2) is 6.10 Å². The number of methoxy groups -OCH3 is 3. The number of carbonyl (C=O) groups is 1. The number of ether oxygens (including phenoxy) is 4. The zero-order valence-electron chi connectivity index (χ0n) is 12.7. The Morgan fingerprint density at radius 2 is 1.18 bits per heavy atom. The highest BCUT2D eigenvalue weighted by molar-refractivity contribution is 5.61. The molecular formula is C17H18O5. The van der Waals surface area contributed by atoms with E-state index in [1.165, 1.54) is 7.11 Å². The Bertz CT molecular complexity index is 556. The van der Waals surface area contributed by atoms with E-state index in [4.69, 9.17) is 14.2 Å². The molecule has 0 aromatic heterocycles. The van der Waals surface area contributed by atoms with Crippen molar-refractivity contribution < 1.29 is 23.7 Å². The Morgan fingerprint density at radius 3 is 1.50 bits per heavy atom. The van der Waals surface area contributed by atoms with Crippen molar-refractivity contribution in [3.8, 4) is 11.5 Å². The van der Waals surface area contributed by atoms with E-state index in [-0.39, 0.29) is 0 Å². The predicted octanol–water partition coefficient (Wildman–Crippen LogP) is 3.58. The molecule has 0 aliphatic heterocycles. The van der Waals surface area contributed by atoms with E-state index < -0.39 is 12.3 Å². The molecule has 5 nitrogen and oxygen atoms in total. The average molecular weight is 302 g/mol. The van der Waals surface area contributed by atoms with Gasteiger partial charge in [-0.3, -0.25) is 0 Å². The first-order chi connectivity index (χ1) is 10.7. The molecule has 0 aliphatic carbocycles. The maximum absolute atomic E-state index is 11.5. The molecule has 0 fully saturated rings. The van der Waals surface area contributed by atoms with Crippen molar-refractivity contribution in [1.82, 2.24) is 0 Å². The van der Waals surface area contributed by atoms with Gasteiger partial charge >= 0.3 is 6.16 Å². The molecule has 0 atom stereocenters. The summed E-state index contributed by atoms with van der Waals surface area (Å²) in [6.45, 7) is 0. The zero-order valence-corrected chi connectivity index (χ0v) is 12.7. The van der Waals surface area contributed by atoms with Gasteiger partial charge in [0.05, 0.1) is 21.3 Å². The van der Waals surface area contributed by atoms with E-state index in [9.17, 15) is 4.79 Å². The molecule has 0 radical (unpaired) electrons. The van der Waals surface area contributed by atoms with Crippen LogP contribution in [0.4, 0.5) is 4.79 Å². The molecule has 0 saturated heterocycles. The molecule has 0 unspecified atom stereocenters. The highest BCUT2D eigenvalue weighted by Crippen LogP contribution is 2.29. The van der Waals surface area contributed by atoms with Crippen molar-refractivity contribution in [1.29, 1.82) is 0 Å². The van der Waals surface area contributed by atoms with Gasteiger partial charge in [0, 0.05) is 0 Å². The quantitative estimate of drug-likeness (QED) is 0.790. The second kappa shape index (κ2) is 7.36. The lowest BCUT2D eigenvalue weighted by Crippen LogP contribution is -2.12. The third-order valence-electron chi connectivity index (χ3n) is 3.22. The lowest BCUT2D eigenvalue weighted by Gasteiger charge is -2.18. The van der Waals surface area contributed by atoms with Gasteiger partial charge in [-0.1, -0.05) is 24.3 Å². The molecule has 0 heterocycles. The molecular weight excluding hydrogens is 284 g/mol. The van der Waals surface area contributed by atoms with E-state index in [0.717, 1.165) is 22.6 Å². The Labute approximate surface area is 129 Å². The van der Waals surface area contributed by atoms with Gasteiger partial charge in [-0.2, -0.15) is 0 Å². The smallest absolute Gasteiger partial charge is 0.497 e. The summed E-state index contributed by atoms with van der Waals surface area (Å²) in [5, 5.41) is 0. The Hall–Kier alpha value is -2.69. The monoisotopic (exact) mass is 302 g/mol. The third kappa shape index (κ3) is 3.69. The molecule has 2 aromatic carbocycles. The van der Waals surface area contributed by atoms with Gasteiger partial charge in [0.1, 0.15) is 11.5 Å². The van der Waals surface area contributed by atoms with Crippen molar-refractivity contribution in [2.75, 3.05) is 21.3 Å². The summed E-state index contributed by atoms with van der Waals surface area (Å²) < 4.78 is 20.3. The first kappa shape index (κ1) is 15.7. The van der Waals surface area contributed by atoms with Gasteiger partial charge in [0.25, 0.3) is 0 Å². The van der Waals surface area contributed by atoms with Gasteiger partial charge in [-0.25, -0.2) is 4.79 Å². The summed E-state index contributed by atoms with van der Waals surface area (Å²) in [6.07, 6.45) is -1.30. The zero-order chi connectivity index (χ0) is 15.9. The van der Waals surface area contributed by atoms with Crippen LogP contribution in [-0.2, 0) is 9.47 Å². The summed E-state index contributed by atoms with van der Waals surface area (Å²) in [7, 11) is 4.48. The number of carbonyl (C=O) groups excluding carboxylic acids is 1. The summed E-state index contributed by atoms with van der Waals surface area (Å²) in [5.41, 5.74) is 1.63. The molecule has 0 spiro atoms. The lowest BCUT2D eigenvalue weighted by molar-refractivity contribution is 0.0498. The molecule has 2 aromatic rings. The first-order valence-electron chi connectivity index (χ1n) is 6.70. The minimum Gasteiger partial charge on any atom is -0.497 e. The number of hydrogen-bond donors (Lipinski definition) is 0. The second-order valence-corrected chi connectivity index (χ2v) is 4.50. The maximum atomic E-state index is 11.5. The Morgan fingerprint density at radius 1 is 0.773 bits per heavy atom. The van der Waals surface area contributed by atoms with Crippen LogP contribution in [0.1, 0.15) is 17.2 Å². The van der Waals surface area contributed by atoms with Crippen molar-refractivity contribution in [2.24, 2.45) is 0 Å². The van der Waals surface area contributed by atoms with Crippen LogP contribution in [0.3, 0.4) is 0 Å². The summed E-state index contributed by atoms with van der Waals surface area (Å²) in [4.78, 5) is 11.5. The molecule has 0 aliphatic rings. The van der Waals surface area contributed by atoms with Crippen LogP contribution in [-0.4, -0.2) is 27.5 Å². The fourth-order valence-electron chi connectivity index (χ4n) is 2.03. The second-order valence-electron chi connectivity index (χ2n) is 4.50. The van der Waals surface area contributed by atoms with Gasteiger partial charge in [-0.05, 0) is 35.4 Å². The lowest BCUT2D eigenvalue weighted by atomic mass is 10.0. The largest absolute Gasteiger partial charge is 0.508 e. The first-order valence-corrected chi connectivity index (χ1v) is 6.70. The molecule has 0 bridgehead atoms. The SMILES string of the molecule is COC(=O)OC(c1ccc(OC)cc1)c1ccc(OC)cc1. The Kier molecular flexibility index (Phi) is 5.25. The molecule has 0 N–H and O–H groups in total. The third-order valence-corrected chi connectivity index (χ3v) is 3.22. The fourth-order valence-corrected chi connectivity index (χ4v) is 2.03. The topological polar surface area (TPSA) is 54.0 Å². The van der Waals surface area contributed by atoms with Crippen LogP contribution >= 0.6 is 0 Å². The number of rotatable bonds is 5. The highest BCUT2D eigenvalue weighted by atomic mass is 16.7. The van der Waals surface area contributed by atoms with E-state index in [0.29, 0.717) is 0 Å². The minimum absolute atomic E-state index is 0.565. The maximum Gasteiger partial charge on any atom is 0.508 e. The number of benzene rings is 2. The molecule has 0 amide bonds. The van der Waals surface area contributed by atoms with E-state index in [1.807, 2.05) is 48.5 Å². The molecule has 0 saturated carbocycles. The molecule has 2 rings (SSSR count). The van der Waals surface area contributed by atoms with Crippen molar-refractivity contribution in [3.05, 3.63) is 59.7 Å². The van der Waals surface area contributed by atoms with E-state index in [2.05, 4.69) is 4.74 Å². The number of hydrogen-bond acceptors (Lipinski definition) is 5. The minimum atomic E-state index is -0.739. The summed E-state index contributed by atoms with van der Waals surface area (Å²) in [5.74, 6) is 1.46. The molecule has 116 valence electrons. The van der Waals surface area contributed by atoms with Gasteiger partial charge < -0.3 is 18.9 Å². The van der Waals surface area contributed by atoms with Crippen molar-refractivity contribution in [2.45, 2.75) is 6.10 Å². The van der Waals surface area contributed by atoms with Gasteiger partial charge in [0.2, 0.25) is 0 Å². The molecule has 5 heteroatoms. The van der Waals surface area contributed by atoms with E-state index >= 15 is 0 Å². The standard InChI is InChI=1S/C17H18O5/c1-19-14-8-4-12(5-9-14)16(22-17(18)21-3)13-6-10-15(20-2)11-7-13/h4-11,16H,1-3H3. The Balaban J connectivity index is 2.33.